The number of anilines is 1. The lowest BCUT2D eigenvalue weighted by molar-refractivity contribution is 0.282. The molecule has 0 unspecified atom stereocenters. The van der Waals surface area contributed by atoms with Crippen molar-refractivity contribution in [2.45, 2.75) is 25.3 Å². The summed E-state index contributed by atoms with van der Waals surface area (Å²) in [5.74, 6) is 0. The molecule has 0 spiro atoms. The lowest BCUT2D eigenvalue weighted by atomic mass is 10.1. The molecule has 0 bridgehead atoms. The van der Waals surface area contributed by atoms with Gasteiger partial charge in [0, 0.05) is 10.7 Å². The van der Waals surface area contributed by atoms with Gasteiger partial charge < -0.3 is 5.11 Å². The molecule has 6 heteroatoms. The van der Waals surface area contributed by atoms with Gasteiger partial charge in [0.05, 0.1) is 11.5 Å². The zero-order valence-corrected chi connectivity index (χ0v) is 13.3. The first-order valence-corrected chi connectivity index (χ1v) is 8.18. The van der Waals surface area contributed by atoms with Crippen LogP contribution in [-0.4, -0.2) is 13.5 Å². The number of sulfonamides is 1. The van der Waals surface area contributed by atoms with Gasteiger partial charge in [-0.05, 0) is 54.8 Å². The van der Waals surface area contributed by atoms with E-state index in [9.17, 15) is 8.42 Å². The third-order valence-electron chi connectivity index (χ3n) is 2.98. The molecule has 2 aromatic rings. The first-order valence-electron chi connectivity index (χ1n) is 6.32. The van der Waals surface area contributed by atoms with Crippen LogP contribution in [0.3, 0.4) is 0 Å². The van der Waals surface area contributed by atoms with Crippen molar-refractivity contribution in [1.29, 1.82) is 0 Å². The Morgan fingerprint density at radius 3 is 2.24 bits per heavy atom. The van der Waals surface area contributed by atoms with Gasteiger partial charge in [-0.1, -0.05) is 23.7 Å². The van der Waals surface area contributed by atoms with Crippen molar-refractivity contribution in [3.8, 4) is 0 Å². The molecule has 4 nitrogen and oxygen atoms in total. The van der Waals surface area contributed by atoms with E-state index in [1.807, 2.05) is 19.9 Å². The summed E-state index contributed by atoms with van der Waals surface area (Å²) in [5, 5.41) is 9.28. The molecule has 0 saturated carbocycles. The van der Waals surface area contributed by atoms with Gasteiger partial charge >= 0.3 is 0 Å². The molecule has 0 aliphatic rings. The minimum absolute atomic E-state index is 0.0591. The van der Waals surface area contributed by atoms with Crippen LogP contribution >= 0.6 is 11.6 Å². The summed E-state index contributed by atoms with van der Waals surface area (Å²) in [5.41, 5.74) is 2.94. The van der Waals surface area contributed by atoms with Gasteiger partial charge in [0.25, 0.3) is 10.0 Å². The highest BCUT2D eigenvalue weighted by Crippen LogP contribution is 2.23. The molecular formula is C15H16ClNO3S. The van der Waals surface area contributed by atoms with Crippen LogP contribution in [0.1, 0.15) is 16.7 Å². The predicted octanol–water partition coefficient (Wildman–Crippen LogP) is 3.25. The zero-order valence-electron chi connectivity index (χ0n) is 11.7. The quantitative estimate of drug-likeness (QED) is 0.906. The normalized spacial score (nSPS) is 11.4. The fourth-order valence-corrected chi connectivity index (χ4v) is 3.44. The van der Waals surface area contributed by atoms with E-state index in [0.29, 0.717) is 11.3 Å². The van der Waals surface area contributed by atoms with E-state index in [4.69, 9.17) is 16.7 Å². The second-order valence-corrected chi connectivity index (χ2v) is 6.98. The third-order valence-corrected chi connectivity index (χ3v) is 4.71. The molecule has 0 atom stereocenters. The summed E-state index contributed by atoms with van der Waals surface area (Å²) >= 11 is 5.94. The summed E-state index contributed by atoms with van der Waals surface area (Å²) in [4.78, 5) is 0.0591. The summed E-state index contributed by atoms with van der Waals surface area (Å²) in [6.45, 7) is 3.57. The molecule has 2 rings (SSSR count). The maximum atomic E-state index is 12.3. The van der Waals surface area contributed by atoms with Crippen LogP contribution in [0.5, 0.6) is 0 Å². The second kappa shape index (κ2) is 6.05. The fourth-order valence-electron chi connectivity index (χ4n) is 2.07. The maximum absolute atomic E-state index is 12.3. The van der Waals surface area contributed by atoms with E-state index >= 15 is 0 Å². The number of halogens is 1. The van der Waals surface area contributed by atoms with E-state index in [2.05, 4.69) is 4.72 Å². The Bertz CT molecular complexity index is 752. The monoisotopic (exact) mass is 325 g/mol. The van der Waals surface area contributed by atoms with Gasteiger partial charge in [-0.25, -0.2) is 8.42 Å². The van der Waals surface area contributed by atoms with Crippen LogP contribution < -0.4 is 4.72 Å². The summed E-state index contributed by atoms with van der Waals surface area (Å²) in [7, 11) is -3.71. The maximum Gasteiger partial charge on any atom is 0.261 e. The van der Waals surface area contributed by atoms with E-state index in [1.54, 1.807) is 12.1 Å². The van der Waals surface area contributed by atoms with Crippen LogP contribution in [0.2, 0.25) is 5.02 Å². The molecule has 112 valence electrons. The molecule has 0 amide bonds. The number of nitrogens with one attached hydrogen (secondary N) is 1. The molecule has 2 aromatic carbocycles. The smallest absolute Gasteiger partial charge is 0.261 e. The van der Waals surface area contributed by atoms with Gasteiger partial charge in [-0.15, -0.1) is 0 Å². The third kappa shape index (κ3) is 3.75. The van der Waals surface area contributed by atoms with Gasteiger partial charge in [-0.2, -0.15) is 0 Å². The molecular weight excluding hydrogens is 310 g/mol. The van der Waals surface area contributed by atoms with Crippen LogP contribution in [-0.2, 0) is 16.6 Å². The Labute approximate surface area is 129 Å². The zero-order chi connectivity index (χ0) is 15.6. The van der Waals surface area contributed by atoms with E-state index in [0.717, 1.165) is 11.1 Å². The Kier molecular flexibility index (Phi) is 4.56. The van der Waals surface area contributed by atoms with Gasteiger partial charge in [-0.3, -0.25) is 4.72 Å². The van der Waals surface area contributed by atoms with Crippen LogP contribution in [0.15, 0.2) is 41.3 Å². The number of hydrogen-bond donors (Lipinski definition) is 2. The molecule has 0 aromatic heterocycles. The van der Waals surface area contributed by atoms with Gasteiger partial charge in [0.1, 0.15) is 0 Å². The largest absolute Gasteiger partial charge is 0.392 e. The number of aliphatic hydroxyl groups is 1. The number of aliphatic hydroxyl groups excluding tert-OH is 1. The number of benzene rings is 2. The molecule has 0 saturated heterocycles. The molecule has 0 fully saturated rings. The predicted molar refractivity (Wildman–Crippen MR) is 84.1 cm³/mol. The number of aryl methyl sites for hydroxylation is 2. The highest BCUT2D eigenvalue weighted by molar-refractivity contribution is 7.92. The minimum Gasteiger partial charge on any atom is -0.392 e. The van der Waals surface area contributed by atoms with Crippen molar-refractivity contribution >= 4 is 27.3 Å². The van der Waals surface area contributed by atoms with E-state index < -0.39 is 10.0 Å². The molecule has 0 aliphatic heterocycles. The van der Waals surface area contributed by atoms with Crippen LogP contribution in [0.25, 0.3) is 0 Å². The standard InChI is InChI=1S/C15H16ClNO3S/c1-10-5-11(2)7-13(6-10)17-21(19,20)14-4-3-12(9-18)15(16)8-14/h3-8,17-18H,9H2,1-2H3. The topological polar surface area (TPSA) is 66.4 Å². The first kappa shape index (κ1) is 15.8. The van der Waals surface area contributed by atoms with Gasteiger partial charge in [0.15, 0.2) is 0 Å². The lowest BCUT2D eigenvalue weighted by Crippen LogP contribution is -2.13. The van der Waals surface area contributed by atoms with E-state index in [1.165, 1.54) is 18.2 Å². The van der Waals surface area contributed by atoms with Gasteiger partial charge in [0.2, 0.25) is 0 Å². The fraction of sp³-hybridized carbons (Fsp3) is 0.200. The van der Waals surface area contributed by atoms with Crippen molar-refractivity contribution < 1.29 is 13.5 Å². The first-order chi connectivity index (χ1) is 9.81. The Morgan fingerprint density at radius 1 is 1.10 bits per heavy atom. The Hall–Kier alpha value is -1.56. The highest BCUT2D eigenvalue weighted by Gasteiger charge is 2.16. The summed E-state index contributed by atoms with van der Waals surface area (Å²) in [6, 6.07) is 9.73. The Morgan fingerprint density at radius 2 is 1.71 bits per heavy atom. The number of rotatable bonds is 4. The van der Waals surface area contributed by atoms with Crippen molar-refractivity contribution in [2.24, 2.45) is 0 Å². The average Bonchev–Trinajstić information content (AvgIpc) is 2.36. The van der Waals surface area contributed by atoms with Crippen molar-refractivity contribution in [3.05, 3.63) is 58.1 Å². The molecule has 21 heavy (non-hydrogen) atoms. The summed E-state index contributed by atoms with van der Waals surface area (Å²) in [6.07, 6.45) is 0. The Balaban J connectivity index is 2.36. The number of hydrogen-bond acceptors (Lipinski definition) is 3. The van der Waals surface area contributed by atoms with Crippen molar-refractivity contribution in [2.75, 3.05) is 4.72 Å². The highest BCUT2D eigenvalue weighted by atomic mass is 35.5. The van der Waals surface area contributed by atoms with Crippen LogP contribution in [0, 0.1) is 13.8 Å². The molecule has 0 aliphatic carbocycles. The summed E-state index contributed by atoms with van der Waals surface area (Å²) < 4.78 is 27.2. The minimum atomic E-state index is -3.71. The average molecular weight is 326 g/mol. The van der Waals surface area contributed by atoms with Crippen molar-refractivity contribution in [3.63, 3.8) is 0 Å². The van der Waals surface area contributed by atoms with Crippen LogP contribution in [0.4, 0.5) is 5.69 Å². The van der Waals surface area contributed by atoms with Crippen molar-refractivity contribution in [1.82, 2.24) is 0 Å². The SMILES string of the molecule is Cc1cc(C)cc(NS(=O)(=O)c2ccc(CO)c(Cl)c2)c1. The molecule has 0 heterocycles. The molecule has 2 N–H and O–H groups in total. The van der Waals surface area contributed by atoms with E-state index in [-0.39, 0.29) is 16.5 Å². The molecule has 0 radical (unpaired) electrons. The second-order valence-electron chi connectivity index (χ2n) is 4.89. The lowest BCUT2D eigenvalue weighted by Gasteiger charge is -2.11.